The Balaban J connectivity index is 2.22. The van der Waals surface area contributed by atoms with E-state index >= 15 is 0 Å². The van der Waals surface area contributed by atoms with E-state index in [2.05, 4.69) is 37.7 Å². The first-order valence-electron chi connectivity index (χ1n) is 4.39. The van der Waals surface area contributed by atoms with Crippen LogP contribution in [0, 0.1) is 11.8 Å². The summed E-state index contributed by atoms with van der Waals surface area (Å²) < 4.78 is 0.950. The molecule has 2 aromatic heterocycles. The molecule has 72 valence electrons. The fourth-order valence-corrected chi connectivity index (χ4v) is 1.25. The van der Waals surface area contributed by atoms with Crippen molar-refractivity contribution in [2.45, 2.75) is 0 Å². The summed E-state index contributed by atoms with van der Waals surface area (Å²) in [5.41, 5.74) is 1.49. The van der Waals surface area contributed by atoms with Gasteiger partial charge in [0.05, 0.1) is 0 Å². The van der Waals surface area contributed by atoms with Crippen molar-refractivity contribution in [2.75, 3.05) is 0 Å². The summed E-state index contributed by atoms with van der Waals surface area (Å²) in [4.78, 5) is 8.25. The summed E-state index contributed by atoms with van der Waals surface area (Å²) >= 11 is 3.32. The van der Waals surface area contributed by atoms with Crippen molar-refractivity contribution < 1.29 is 0 Å². The Morgan fingerprint density at radius 2 is 1.73 bits per heavy atom. The molecule has 0 atom stereocenters. The molecule has 3 heteroatoms. The molecule has 0 unspecified atom stereocenters. The highest BCUT2D eigenvalue weighted by atomic mass is 79.9. The number of rotatable bonds is 0. The number of nitrogens with zero attached hydrogens (tertiary/aromatic N) is 2. The van der Waals surface area contributed by atoms with Gasteiger partial charge in [0, 0.05) is 16.9 Å². The van der Waals surface area contributed by atoms with Gasteiger partial charge in [-0.15, -0.1) is 0 Å². The molecule has 0 aromatic carbocycles. The number of halogens is 1. The van der Waals surface area contributed by atoms with Crippen molar-refractivity contribution in [1.29, 1.82) is 0 Å². The molecule has 0 aliphatic rings. The molecule has 2 heterocycles. The van der Waals surface area contributed by atoms with Crippen molar-refractivity contribution >= 4 is 15.9 Å². The predicted molar refractivity (Wildman–Crippen MR) is 62.2 cm³/mol. The molecule has 0 amide bonds. The van der Waals surface area contributed by atoms with Gasteiger partial charge < -0.3 is 0 Å². The first-order valence-corrected chi connectivity index (χ1v) is 5.18. The fourth-order valence-electron chi connectivity index (χ4n) is 1.01. The Morgan fingerprint density at radius 3 is 2.33 bits per heavy atom. The van der Waals surface area contributed by atoms with Gasteiger partial charge in [-0.1, -0.05) is 6.07 Å². The third-order valence-electron chi connectivity index (χ3n) is 1.71. The van der Waals surface area contributed by atoms with Crippen LogP contribution in [0.2, 0.25) is 0 Å². The maximum atomic E-state index is 4.15. The van der Waals surface area contributed by atoms with Crippen LogP contribution in [-0.4, -0.2) is 9.97 Å². The molecule has 0 aliphatic heterocycles. The first kappa shape index (κ1) is 9.88. The van der Waals surface area contributed by atoms with Gasteiger partial charge in [0.1, 0.15) is 11.4 Å². The molecular formula is C12H7BrN2. The summed E-state index contributed by atoms with van der Waals surface area (Å²) in [7, 11) is 0. The minimum atomic E-state index is 0.740. The molecule has 0 fully saturated rings. The SMILES string of the molecule is Brc1ccc(C#Cc2ccccn2)nc1. The Hall–Kier alpha value is -1.66. The van der Waals surface area contributed by atoms with Crippen molar-refractivity contribution in [3.63, 3.8) is 0 Å². The highest BCUT2D eigenvalue weighted by molar-refractivity contribution is 9.10. The smallest absolute Gasteiger partial charge is 0.113 e. The van der Waals surface area contributed by atoms with E-state index in [1.54, 1.807) is 12.4 Å². The Labute approximate surface area is 96.5 Å². The average molecular weight is 259 g/mol. The van der Waals surface area contributed by atoms with Crippen molar-refractivity contribution in [3.8, 4) is 11.8 Å². The van der Waals surface area contributed by atoms with Gasteiger partial charge in [0.15, 0.2) is 0 Å². The molecule has 0 radical (unpaired) electrons. The quantitative estimate of drug-likeness (QED) is 0.680. The number of hydrogen-bond donors (Lipinski definition) is 0. The van der Waals surface area contributed by atoms with Crippen LogP contribution in [0.5, 0.6) is 0 Å². The van der Waals surface area contributed by atoms with Crippen molar-refractivity contribution in [3.05, 3.63) is 58.6 Å². The molecule has 0 N–H and O–H groups in total. The predicted octanol–water partition coefficient (Wildman–Crippen LogP) is 2.64. The fraction of sp³-hybridized carbons (Fsp3) is 0. The lowest BCUT2D eigenvalue weighted by Gasteiger charge is -1.89. The van der Waals surface area contributed by atoms with Crippen LogP contribution < -0.4 is 0 Å². The third kappa shape index (κ3) is 2.90. The summed E-state index contributed by atoms with van der Waals surface area (Å²) in [5, 5.41) is 0. The Kier molecular flexibility index (Phi) is 3.11. The Morgan fingerprint density at radius 1 is 0.933 bits per heavy atom. The average Bonchev–Trinajstić information content (AvgIpc) is 2.30. The van der Waals surface area contributed by atoms with Gasteiger partial charge >= 0.3 is 0 Å². The van der Waals surface area contributed by atoms with Crippen molar-refractivity contribution in [2.24, 2.45) is 0 Å². The van der Waals surface area contributed by atoms with Gasteiger partial charge in [-0.2, -0.15) is 0 Å². The van der Waals surface area contributed by atoms with Gasteiger partial charge in [0.25, 0.3) is 0 Å². The molecule has 2 aromatic rings. The molecular weight excluding hydrogens is 252 g/mol. The molecule has 0 spiro atoms. The summed E-state index contributed by atoms with van der Waals surface area (Å²) in [6.07, 6.45) is 3.45. The second-order valence-electron chi connectivity index (χ2n) is 2.83. The lowest BCUT2D eigenvalue weighted by molar-refractivity contribution is 1.26. The standard InChI is InChI=1S/C12H7BrN2/c13-10-4-5-12(15-9-10)7-6-11-3-1-2-8-14-11/h1-5,8-9H. The van der Waals surface area contributed by atoms with E-state index in [0.717, 1.165) is 15.9 Å². The zero-order valence-corrected chi connectivity index (χ0v) is 9.40. The van der Waals surface area contributed by atoms with Crippen LogP contribution in [0.15, 0.2) is 47.2 Å². The number of aromatic nitrogens is 2. The van der Waals surface area contributed by atoms with Crippen LogP contribution >= 0.6 is 15.9 Å². The minimum Gasteiger partial charge on any atom is -0.248 e. The Bertz CT molecular complexity index is 495. The van der Waals surface area contributed by atoms with E-state index in [1.807, 2.05) is 30.3 Å². The normalized spacial score (nSPS) is 9.13. The van der Waals surface area contributed by atoms with E-state index in [4.69, 9.17) is 0 Å². The first-order chi connectivity index (χ1) is 7.34. The monoisotopic (exact) mass is 258 g/mol. The largest absolute Gasteiger partial charge is 0.248 e. The highest BCUT2D eigenvalue weighted by Gasteiger charge is 1.89. The third-order valence-corrected chi connectivity index (χ3v) is 2.18. The number of pyridine rings is 2. The summed E-state index contributed by atoms with van der Waals surface area (Å²) in [6.45, 7) is 0. The molecule has 0 saturated heterocycles. The lowest BCUT2D eigenvalue weighted by atomic mass is 10.3. The highest BCUT2D eigenvalue weighted by Crippen LogP contribution is 2.06. The molecule has 2 nitrogen and oxygen atoms in total. The summed E-state index contributed by atoms with van der Waals surface area (Å²) in [6, 6.07) is 9.41. The topological polar surface area (TPSA) is 25.8 Å². The van der Waals surface area contributed by atoms with E-state index in [9.17, 15) is 0 Å². The van der Waals surface area contributed by atoms with Crippen LogP contribution in [0.4, 0.5) is 0 Å². The second kappa shape index (κ2) is 4.72. The van der Waals surface area contributed by atoms with E-state index < -0.39 is 0 Å². The molecule has 0 bridgehead atoms. The maximum Gasteiger partial charge on any atom is 0.113 e. The molecule has 15 heavy (non-hydrogen) atoms. The van der Waals surface area contributed by atoms with Crippen LogP contribution in [-0.2, 0) is 0 Å². The van der Waals surface area contributed by atoms with Gasteiger partial charge in [-0.05, 0) is 52.0 Å². The van der Waals surface area contributed by atoms with Crippen LogP contribution in [0.1, 0.15) is 11.4 Å². The zero-order valence-electron chi connectivity index (χ0n) is 7.81. The molecule has 2 rings (SSSR count). The second-order valence-corrected chi connectivity index (χ2v) is 3.74. The van der Waals surface area contributed by atoms with Gasteiger partial charge in [0.2, 0.25) is 0 Å². The minimum absolute atomic E-state index is 0.740. The van der Waals surface area contributed by atoms with Gasteiger partial charge in [-0.3, -0.25) is 0 Å². The molecule has 0 aliphatic carbocycles. The lowest BCUT2D eigenvalue weighted by Crippen LogP contribution is -1.82. The van der Waals surface area contributed by atoms with Crippen LogP contribution in [0.25, 0.3) is 0 Å². The van der Waals surface area contributed by atoms with E-state index in [0.29, 0.717) is 0 Å². The molecule has 0 saturated carbocycles. The summed E-state index contributed by atoms with van der Waals surface area (Å²) in [5.74, 6) is 5.89. The van der Waals surface area contributed by atoms with Crippen molar-refractivity contribution in [1.82, 2.24) is 9.97 Å². The van der Waals surface area contributed by atoms with Crippen LogP contribution in [0.3, 0.4) is 0 Å². The van der Waals surface area contributed by atoms with E-state index in [-0.39, 0.29) is 0 Å². The maximum absolute atomic E-state index is 4.15. The van der Waals surface area contributed by atoms with E-state index in [1.165, 1.54) is 0 Å². The van der Waals surface area contributed by atoms with Gasteiger partial charge in [-0.25, -0.2) is 9.97 Å². The number of hydrogen-bond acceptors (Lipinski definition) is 2. The zero-order chi connectivity index (χ0) is 10.5.